The lowest BCUT2D eigenvalue weighted by Crippen LogP contribution is -2.47. The molecule has 2 rings (SSSR count). The third-order valence-electron chi connectivity index (χ3n) is 3.32. The van der Waals surface area contributed by atoms with Gasteiger partial charge < -0.3 is 5.73 Å². The van der Waals surface area contributed by atoms with Crippen LogP contribution in [0.1, 0.15) is 22.7 Å². The van der Waals surface area contributed by atoms with E-state index in [1.54, 1.807) is 11.3 Å². The lowest BCUT2D eigenvalue weighted by Gasteiger charge is -2.36. The van der Waals surface area contributed by atoms with Crippen LogP contribution in [0.2, 0.25) is 0 Å². The highest BCUT2D eigenvalue weighted by Gasteiger charge is 2.30. The number of nitrogens with zero attached hydrogens (tertiary/aromatic N) is 1. The Morgan fingerprint density at radius 2 is 1.94 bits per heavy atom. The van der Waals surface area contributed by atoms with Crippen LogP contribution >= 0.6 is 11.3 Å². The maximum atomic E-state index is 11.5. The summed E-state index contributed by atoms with van der Waals surface area (Å²) in [6.07, 6.45) is 0. The summed E-state index contributed by atoms with van der Waals surface area (Å²) in [6.45, 7) is 5.24. The van der Waals surface area contributed by atoms with E-state index < -0.39 is 9.84 Å². The minimum Gasteiger partial charge on any atom is -0.326 e. The smallest absolute Gasteiger partial charge is 0.152 e. The quantitative estimate of drug-likeness (QED) is 0.907. The molecule has 2 atom stereocenters. The molecule has 1 fully saturated rings. The molecule has 1 aromatic heterocycles. The Hall–Kier alpha value is -0.430. The van der Waals surface area contributed by atoms with Gasteiger partial charge in [0, 0.05) is 28.9 Å². The molecule has 0 aromatic carbocycles. The average molecular weight is 288 g/mol. The summed E-state index contributed by atoms with van der Waals surface area (Å²) >= 11 is 1.75. The number of hydrogen-bond acceptors (Lipinski definition) is 5. The number of sulfone groups is 1. The Morgan fingerprint density at radius 3 is 2.39 bits per heavy atom. The Morgan fingerprint density at radius 1 is 1.33 bits per heavy atom. The van der Waals surface area contributed by atoms with Gasteiger partial charge in [-0.15, -0.1) is 11.3 Å². The van der Waals surface area contributed by atoms with E-state index in [-0.39, 0.29) is 23.6 Å². The highest BCUT2D eigenvalue weighted by atomic mass is 32.2. The molecule has 1 aromatic rings. The Bertz CT molecular complexity index is 494. The second-order valence-corrected chi connectivity index (χ2v) is 8.56. The van der Waals surface area contributed by atoms with Gasteiger partial charge in [-0.2, -0.15) is 0 Å². The van der Waals surface area contributed by atoms with E-state index in [2.05, 4.69) is 24.0 Å². The first kappa shape index (κ1) is 14.0. The molecule has 0 bridgehead atoms. The van der Waals surface area contributed by atoms with E-state index >= 15 is 0 Å². The van der Waals surface area contributed by atoms with Crippen molar-refractivity contribution >= 4 is 21.2 Å². The molecular weight excluding hydrogens is 268 g/mol. The minimum absolute atomic E-state index is 0.00357. The van der Waals surface area contributed by atoms with E-state index in [9.17, 15) is 8.42 Å². The molecule has 6 heteroatoms. The van der Waals surface area contributed by atoms with Gasteiger partial charge in [0.2, 0.25) is 0 Å². The van der Waals surface area contributed by atoms with Crippen molar-refractivity contribution in [2.45, 2.75) is 25.9 Å². The molecule has 2 unspecified atom stereocenters. The summed E-state index contributed by atoms with van der Waals surface area (Å²) in [7, 11) is -2.83. The minimum atomic E-state index is -2.83. The van der Waals surface area contributed by atoms with Crippen molar-refractivity contribution in [2.75, 3.05) is 24.6 Å². The predicted molar refractivity (Wildman–Crippen MR) is 75.7 cm³/mol. The fourth-order valence-electron chi connectivity index (χ4n) is 2.39. The largest absolute Gasteiger partial charge is 0.326 e. The highest BCUT2D eigenvalue weighted by Crippen LogP contribution is 2.30. The summed E-state index contributed by atoms with van der Waals surface area (Å²) in [6, 6.07) is 4.34. The van der Waals surface area contributed by atoms with Crippen LogP contribution in [0.4, 0.5) is 0 Å². The van der Waals surface area contributed by atoms with E-state index in [1.165, 1.54) is 9.75 Å². The molecule has 102 valence electrons. The third kappa shape index (κ3) is 3.12. The van der Waals surface area contributed by atoms with Crippen LogP contribution in [0.5, 0.6) is 0 Å². The Kier molecular flexibility index (Phi) is 4.11. The zero-order valence-corrected chi connectivity index (χ0v) is 12.4. The van der Waals surface area contributed by atoms with E-state index in [0.29, 0.717) is 13.1 Å². The van der Waals surface area contributed by atoms with Crippen molar-refractivity contribution < 1.29 is 8.42 Å². The van der Waals surface area contributed by atoms with Gasteiger partial charge in [-0.25, -0.2) is 8.42 Å². The lowest BCUT2D eigenvalue weighted by molar-refractivity contribution is 0.194. The van der Waals surface area contributed by atoms with Crippen molar-refractivity contribution in [1.29, 1.82) is 0 Å². The molecule has 1 aliphatic heterocycles. The predicted octanol–water partition coefficient (Wildman–Crippen LogP) is 1.18. The van der Waals surface area contributed by atoms with Crippen LogP contribution in [0.25, 0.3) is 0 Å². The van der Waals surface area contributed by atoms with Gasteiger partial charge in [-0.3, -0.25) is 4.90 Å². The second-order valence-electron chi connectivity index (χ2n) is 4.94. The second kappa shape index (κ2) is 5.28. The van der Waals surface area contributed by atoms with E-state index in [1.807, 2.05) is 6.92 Å². The van der Waals surface area contributed by atoms with Crippen molar-refractivity contribution in [2.24, 2.45) is 5.73 Å². The topological polar surface area (TPSA) is 63.4 Å². The highest BCUT2D eigenvalue weighted by molar-refractivity contribution is 7.91. The summed E-state index contributed by atoms with van der Waals surface area (Å²) in [5, 5.41) is 0. The molecule has 0 spiro atoms. The first-order valence-electron chi connectivity index (χ1n) is 6.15. The number of hydrogen-bond donors (Lipinski definition) is 1. The van der Waals surface area contributed by atoms with Crippen LogP contribution in [-0.4, -0.2) is 44.0 Å². The number of thiophene rings is 1. The van der Waals surface area contributed by atoms with Crippen LogP contribution < -0.4 is 5.73 Å². The number of nitrogens with two attached hydrogens (primary N) is 1. The summed E-state index contributed by atoms with van der Waals surface area (Å²) < 4.78 is 22.9. The maximum absolute atomic E-state index is 11.5. The summed E-state index contributed by atoms with van der Waals surface area (Å²) in [5.74, 6) is 0.501. The van der Waals surface area contributed by atoms with E-state index in [4.69, 9.17) is 5.73 Å². The van der Waals surface area contributed by atoms with Crippen molar-refractivity contribution in [3.05, 3.63) is 21.9 Å². The van der Waals surface area contributed by atoms with Crippen molar-refractivity contribution in [3.8, 4) is 0 Å². The fourth-order valence-corrected chi connectivity index (χ4v) is 4.75. The van der Waals surface area contributed by atoms with Crippen LogP contribution in [0.15, 0.2) is 12.1 Å². The van der Waals surface area contributed by atoms with Gasteiger partial charge in [0.05, 0.1) is 17.5 Å². The molecule has 2 N–H and O–H groups in total. The van der Waals surface area contributed by atoms with Gasteiger partial charge in [0.15, 0.2) is 9.84 Å². The fraction of sp³-hybridized carbons (Fsp3) is 0.667. The van der Waals surface area contributed by atoms with Gasteiger partial charge in [-0.1, -0.05) is 0 Å². The molecule has 4 nitrogen and oxygen atoms in total. The van der Waals surface area contributed by atoms with Gasteiger partial charge in [0.1, 0.15) is 0 Å². The Balaban J connectivity index is 2.17. The molecule has 2 heterocycles. The normalized spacial score (nSPS) is 23.7. The number of rotatable bonds is 3. The Labute approximate surface area is 113 Å². The van der Waals surface area contributed by atoms with Crippen molar-refractivity contribution in [1.82, 2.24) is 4.90 Å². The van der Waals surface area contributed by atoms with Gasteiger partial charge in [0.25, 0.3) is 0 Å². The number of aryl methyl sites for hydroxylation is 1. The average Bonchev–Trinajstić information content (AvgIpc) is 2.67. The van der Waals surface area contributed by atoms with Crippen LogP contribution in [0.3, 0.4) is 0 Å². The molecule has 0 amide bonds. The molecule has 0 aliphatic carbocycles. The van der Waals surface area contributed by atoms with Crippen molar-refractivity contribution in [3.63, 3.8) is 0 Å². The molecule has 1 aliphatic rings. The van der Waals surface area contributed by atoms with E-state index in [0.717, 1.165) is 0 Å². The third-order valence-corrected chi connectivity index (χ3v) is 6.00. The van der Waals surface area contributed by atoms with Crippen LogP contribution in [-0.2, 0) is 9.84 Å². The summed E-state index contributed by atoms with van der Waals surface area (Å²) in [5.41, 5.74) is 6.09. The lowest BCUT2D eigenvalue weighted by atomic mass is 10.1. The van der Waals surface area contributed by atoms with Gasteiger partial charge >= 0.3 is 0 Å². The standard InChI is InChI=1S/C12H20N2O2S2/c1-9-3-4-11(17-9)12(10(2)13)14-5-7-18(15,16)8-6-14/h3-4,10,12H,5-8,13H2,1-2H3. The molecule has 18 heavy (non-hydrogen) atoms. The first-order chi connectivity index (χ1) is 8.39. The zero-order chi connectivity index (χ0) is 13.3. The molecule has 1 saturated heterocycles. The van der Waals surface area contributed by atoms with Gasteiger partial charge in [-0.05, 0) is 26.0 Å². The molecule has 0 radical (unpaired) electrons. The SMILES string of the molecule is Cc1ccc(C(C(C)N)N2CCS(=O)(=O)CC2)s1. The first-order valence-corrected chi connectivity index (χ1v) is 8.79. The molecule has 0 saturated carbocycles. The monoisotopic (exact) mass is 288 g/mol. The van der Waals surface area contributed by atoms with Crippen LogP contribution in [0, 0.1) is 6.92 Å². The zero-order valence-electron chi connectivity index (χ0n) is 10.8. The summed E-state index contributed by atoms with van der Waals surface area (Å²) in [4.78, 5) is 4.71. The maximum Gasteiger partial charge on any atom is 0.152 e. The molecular formula is C12H20N2O2S2.